The molecule has 1 aromatic rings. The number of hydrogen-bond acceptors (Lipinski definition) is 5. The molecule has 0 fully saturated rings. The zero-order valence-electron chi connectivity index (χ0n) is 7.95. The fourth-order valence-electron chi connectivity index (χ4n) is 1.02. The number of nitrogen functional groups attached to an aromatic ring is 1. The number of carboxylic acid groups (broad SMARTS) is 1. The summed E-state index contributed by atoms with van der Waals surface area (Å²) in [5.74, 6) is -2.63. The van der Waals surface area contributed by atoms with Crippen molar-refractivity contribution in [3.63, 3.8) is 0 Å². The number of nitrogens with two attached hydrogens (primary N) is 1. The van der Waals surface area contributed by atoms with Gasteiger partial charge in [0.2, 0.25) is 0 Å². The van der Waals surface area contributed by atoms with Gasteiger partial charge in [-0.2, -0.15) is 5.26 Å². The number of aromatic carboxylic acids is 1. The predicted molar refractivity (Wildman–Crippen MR) is 47.0 cm³/mol. The molecule has 9 heteroatoms. The van der Waals surface area contributed by atoms with Gasteiger partial charge >= 0.3 is 12.3 Å². The van der Waals surface area contributed by atoms with Crippen LogP contribution >= 0.6 is 0 Å². The van der Waals surface area contributed by atoms with Crippen molar-refractivity contribution in [2.24, 2.45) is 0 Å². The van der Waals surface area contributed by atoms with Crippen LogP contribution in [-0.2, 0) is 0 Å². The SMILES string of the molecule is N#Cc1ncc(OC(F)(F)F)c(N)c1C(=O)O. The summed E-state index contributed by atoms with van der Waals surface area (Å²) in [6.45, 7) is 0. The molecule has 90 valence electrons. The van der Waals surface area contributed by atoms with Gasteiger partial charge in [-0.05, 0) is 0 Å². The first-order chi connectivity index (χ1) is 7.76. The first-order valence-corrected chi connectivity index (χ1v) is 3.94. The van der Waals surface area contributed by atoms with Crippen LogP contribution in [0.25, 0.3) is 0 Å². The van der Waals surface area contributed by atoms with Gasteiger partial charge in [-0.25, -0.2) is 9.78 Å². The van der Waals surface area contributed by atoms with Crippen LogP contribution in [-0.4, -0.2) is 22.4 Å². The Kier molecular flexibility index (Phi) is 3.08. The fraction of sp³-hybridized carbons (Fsp3) is 0.125. The number of rotatable bonds is 2. The molecule has 1 heterocycles. The van der Waals surface area contributed by atoms with E-state index in [0.717, 1.165) is 0 Å². The maximum absolute atomic E-state index is 11.9. The third-order valence-electron chi connectivity index (χ3n) is 1.63. The standard InChI is InChI=1S/C8H4F3N3O3/c9-8(10,11)17-4-2-14-3(1-12)5(6(4)13)7(15)16/h2H,(H2,13,14)(H,15,16). The van der Waals surface area contributed by atoms with Crippen LogP contribution in [0.15, 0.2) is 6.20 Å². The molecule has 0 amide bonds. The van der Waals surface area contributed by atoms with Gasteiger partial charge in [0.25, 0.3) is 0 Å². The summed E-state index contributed by atoms with van der Waals surface area (Å²) in [5, 5.41) is 17.2. The molecule has 0 atom stereocenters. The highest BCUT2D eigenvalue weighted by molar-refractivity contribution is 5.97. The Balaban J connectivity index is 3.35. The molecule has 0 radical (unpaired) electrons. The van der Waals surface area contributed by atoms with E-state index in [2.05, 4.69) is 9.72 Å². The second kappa shape index (κ2) is 4.17. The van der Waals surface area contributed by atoms with Gasteiger partial charge in [0.1, 0.15) is 11.6 Å². The summed E-state index contributed by atoms with van der Waals surface area (Å²) in [5.41, 5.74) is 2.95. The Bertz CT molecular complexity index is 507. The van der Waals surface area contributed by atoms with Crippen LogP contribution in [0.3, 0.4) is 0 Å². The van der Waals surface area contributed by atoms with Gasteiger partial charge in [-0.15, -0.1) is 13.2 Å². The van der Waals surface area contributed by atoms with E-state index in [1.54, 1.807) is 0 Å². The molecule has 3 N–H and O–H groups in total. The van der Waals surface area contributed by atoms with Crippen molar-refractivity contribution in [1.82, 2.24) is 4.98 Å². The van der Waals surface area contributed by atoms with Crippen molar-refractivity contribution in [2.45, 2.75) is 6.36 Å². The monoisotopic (exact) mass is 247 g/mol. The topological polar surface area (TPSA) is 109 Å². The Morgan fingerprint density at radius 3 is 2.59 bits per heavy atom. The van der Waals surface area contributed by atoms with E-state index in [9.17, 15) is 18.0 Å². The number of ether oxygens (including phenoxy) is 1. The molecule has 1 aromatic heterocycles. The first-order valence-electron chi connectivity index (χ1n) is 3.94. The molecule has 6 nitrogen and oxygen atoms in total. The number of carbonyl (C=O) groups is 1. The highest BCUT2D eigenvalue weighted by Crippen LogP contribution is 2.31. The summed E-state index contributed by atoms with van der Waals surface area (Å²) in [6.07, 6.45) is -4.49. The summed E-state index contributed by atoms with van der Waals surface area (Å²) in [6, 6.07) is 1.40. The van der Waals surface area contributed by atoms with E-state index < -0.39 is 35.0 Å². The predicted octanol–water partition coefficient (Wildman–Crippen LogP) is 1.13. The Hall–Kier alpha value is -2.50. The van der Waals surface area contributed by atoms with E-state index in [0.29, 0.717) is 6.20 Å². The average molecular weight is 247 g/mol. The minimum Gasteiger partial charge on any atom is -0.478 e. The molecule has 0 bridgehead atoms. The molecule has 17 heavy (non-hydrogen) atoms. The Morgan fingerprint density at radius 2 is 2.18 bits per heavy atom. The van der Waals surface area contributed by atoms with E-state index in [-0.39, 0.29) is 0 Å². The number of carboxylic acids is 1. The maximum atomic E-state index is 11.9. The molecule has 0 aliphatic heterocycles. The van der Waals surface area contributed by atoms with Crippen molar-refractivity contribution in [1.29, 1.82) is 5.26 Å². The van der Waals surface area contributed by atoms with Crippen LogP contribution in [0.5, 0.6) is 5.75 Å². The van der Waals surface area contributed by atoms with Crippen LogP contribution in [0.4, 0.5) is 18.9 Å². The minimum absolute atomic E-state index is 0.536. The molecule has 0 saturated carbocycles. The number of nitriles is 1. The van der Waals surface area contributed by atoms with Crippen LogP contribution < -0.4 is 10.5 Å². The van der Waals surface area contributed by atoms with Gasteiger partial charge in [0.05, 0.1) is 11.9 Å². The second-order valence-corrected chi connectivity index (χ2v) is 2.72. The lowest BCUT2D eigenvalue weighted by Gasteiger charge is -2.12. The van der Waals surface area contributed by atoms with Gasteiger partial charge in [-0.1, -0.05) is 0 Å². The summed E-state index contributed by atoms with van der Waals surface area (Å²) < 4.78 is 39.2. The zero-order chi connectivity index (χ0) is 13.2. The number of anilines is 1. The molecule has 0 aromatic carbocycles. The molecule has 0 spiro atoms. The maximum Gasteiger partial charge on any atom is 0.573 e. The fourth-order valence-corrected chi connectivity index (χ4v) is 1.02. The summed E-state index contributed by atoms with van der Waals surface area (Å²) in [4.78, 5) is 13.9. The van der Waals surface area contributed by atoms with E-state index in [1.165, 1.54) is 6.07 Å². The normalized spacial score (nSPS) is 10.7. The smallest absolute Gasteiger partial charge is 0.478 e. The van der Waals surface area contributed by atoms with Gasteiger partial charge in [0, 0.05) is 0 Å². The van der Waals surface area contributed by atoms with Crippen molar-refractivity contribution in [2.75, 3.05) is 5.73 Å². The Labute approximate surface area is 92.0 Å². The number of halogens is 3. The van der Waals surface area contributed by atoms with Gasteiger partial charge in [-0.3, -0.25) is 0 Å². The highest BCUT2D eigenvalue weighted by atomic mass is 19.4. The summed E-state index contributed by atoms with van der Waals surface area (Å²) >= 11 is 0. The van der Waals surface area contributed by atoms with E-state index in [4.69, 9.17) is 16.1 Å². The van der Waals surface area contributed by atoms with Crippen molar-refractivity contribution in [3.05, 3.63) is 17.5 Å². The van der Waals surface area contributed by atoms with E-state index in [1.807, 2.05) is 0 Å². The first kappa shape index (κ1) is 12.6. The lowest BCUT2D eigenvalue weighted by Crippen LogP contribution is -2.19. The number of aromatic nitrogens is 1. The van der Waals surface area contributed by atoms with Crippen LogP contribution in [0.1, 0.15) is 16.1 Å². The lowest BCUT2D eigenvalue weighted by molar-refractivity contribution is -0.274. The van der Waals surface area contributed by atoms with Crippen molar-refractivity contribution < 1.29 is 27.8 Å². The number of alkyl halides is 3. The number of pyridine rings is 1. The van der Waals surface area contributed by atoms with Crippen molar-refractivity contribution in [3.8, 4) is 11.8 Å². The second-order valence-electron chi connectivity index (χ2n) is 2.72. The summed E-state index contributed by atoms with van der Waals surface area (Å²) in [7, 11) is 0. The lowest BCUT2D eigenvalue weighted by atomic mass is 10.1. The molecule has 1 rings (SSSR count). The van der Waals surface area contributed by atoms with Gasteiger partial charge in [0.15, 0.2) is 11.4 Å². The molecular formula is C8H4F3N3O3. The highest BCUT2D eigenvalue weighted by Gasteiger charge is 2.33. The third kappa shape index (κ3) is 2.75. The van der Waals surface area contributed by atoms with E-state index >= 15 is 0 Å². The average Bonchev–Trinajstić information content (AvgIpc) is 2.18. The molecule has 0 unspecified atom stereocenters. The zero-order valence-corrected chi connectivity index (χ0v) is 7.95. The molecule has 0 saturated heterocycles. The number of nitrogens with zero attached hydrogens (tertiary/aromatic N) is 2. The molecule has 0 aliphatic rings. The van der Waals surface area contributed by atoms with Crippen molar-refractivity contribution >= 4 is 11.7 Å². The molecular weight excluding hydrogens is 243 g/mol. The molecule has 0 aliphatic carbocycles. The Morgan fingerprint density at radius 1 is 1.59 bits per heavy atom. The third-order valence-corrected chi connectivity index (χ3v) is 1.63. The largest absolute Gasteiger partial charge is 0.573 e. The van der Waals surface area contributed by atoms with Crippen LogP contribution in [0.2, 0.25) is 0 Å². The number of hydrogen-bond donors (Lipinski definition) is 2. The quantitative estimate of drug-likeness (QED) is 0.810. The van der Waals surface area contributed by atoms with Crippen LogP contribution in [0, 0.1) is 11.3 Å². The minimum atomic E-state index is -5.03. The van der Waals surface area contributed by atoms with Gasteiger partial charge < -0.3 is 15.6 Å².